The number of benzene rings is 12. The van der Waals surface area contributed by atoms with Crippen LogP contribution in [0.4, 0.5) is 0 Å². The SMILES string of the molecule is CC1(C)c2ccccc2-c2ccc(Sc3ccc([S+](c4ccccc4)c4ccc5c(c4)C(C)(C)c4ccccc4-5)cc3)cc21.CC1(C)c2ccccc2-c2ccc(Sc3ccc([S+](c4ccccc4)c4ccc5c(c4)C(C)(C)c4ccccc4-5)cc3)cc21. The van der Waals surface area contributed by atoms with E-state index in [1.54, 1.807) is 0 Å². The molecular weight excluding hydrogens is 1140 g/mol. The highest BCUT2D eigenvalue weighted by molar-refractivity contribution is 7.99. The molecule has 0 N–H and O–H groups in total. The van der Waals surface area contributed by atoms with E-state index in [2.05, 4.69) is 334 Å². The molecule has 0 spiro atoms. The van der Waals surface area contributed by atoms with E-state index in [1.165, 1.54) is 138 Å². The Morgan fingerprint density at radius 2 is 0.420 bits per heavy atom. The quantitative estimate of drug-likeness (QED) is 0.125. The van der Waals surface area contributed by atoms with E-state index in [0.717, 1.165) is 0 Å². The largest absolute Gasteiger partial charge is 0.166 e. The summed E-state index contributed by atoms with van der Waals surface area (Å²) in [5, 5.41) is 0. The van der Waals surface area contributed by atoms with Gasteiger partial charge in [0.1, 0.15) is 0 Å². The second-order valence-electron chi connectivity index (χ2n) is 25.9. The van der Waals surface area contributed by atoms with E-state index in [1.807, 2.05) is 23.5 Å². The molecule has 0 saturated heterocycles. The summed E-state index contributed by atoms with van der Waals surface area (Å²) in [5.41, 5.74) is 22.4. The number of hydrogen-bond donors (Lipinski definition) is 0. The van der Waals surface area contributed by atoms with Gasteiger partial charge in [-0.05, 0) is 222 Å². The molecule has 428 valence electrons. The van der Waals surface area contributed by atoms with Gasteiger partial charge in [0.2, 0.25) is 0 Å². The van der Waals surface area contributed by atoms with Crippen molar-refractivity contribution in [1.82, 2.24) is 0 Å². The van der Waals surface area contributed by atoms with E-state index in [4.69, 9.17) is 0 Å². The first kappa shape index (κ1) is 56.5. The molecule has 0 nitrogen and oxygen atoms in total. The van der Waals surface area contributed by atoms with Crippen LogP contribution in [0.25, 0.3) is 44.5 Å². The monoisotopic (exact) mass is 1210 g/mol. The van der Waals surface area contributed by atoms with Gasteiger partial charge in [-0.25, -0.2) is 0 Å². The van der Waals surface area contributed by atoms with Gasteiger partial charge in [-0.2, -0.15) is 0 Å². The summed E-state index contributed by atoms with van der Waals surface area (Å²) >= 11 is 3.71. The molecule has 2 atom stereocenters. The number of fused-ring (bicyclic) bond motifs is 12. The van der Waals surface area contributed by atoms with Crippen LogP contribution in [-0.2, 0) is 43.4 Å². The summed E-state index contributed by atoms with van der Waals surface area (Å²) < 4.78 is 0. The van der Waals surface area contributed by atoms with Crippen molar-refractivity contribution in [2.75, 3.05) is 0 Å². The Kier molecular flexibility index (Phi) is 14.1. The molecule has 0 fully saturated rings. The molecule has 88 heavy (non-hydrogen) atoms. The van der Waals surface area contributed by atoms with Crippen LogP contribution in [0.15, 0.2) is 328 Å². The lowest BCUT2D eigenvalue weighted by Gasteiger charge is -2.22. The van der Waals surface area contributed by atoms with Crippen molar-refractivity contribution >= 4 is 45.3 Å². The molecule has 12 aromatic carbocycles. The summed E-state index contributed by atoms with van der Waals surface area (Å²) in [4.78, 5) is 13.3. The molecule has 0 heterocycles. The number of hydrogen-bond acceptors (Lipinski definition) is 2. The van der Waals surface area contributed by atoms with Crippen molar-refractivity contribution in [3.63, 3.8) is 0 Å². The minimum Gasteiger partial charge on any atom is -0.0901 e. The predicted molar refractivity (Wildman–Crippen MR) is 374 cm³/mol. The zero-order valence-electron chi connectivity index (χ0n) is 51.2. The molecule has 0 amide bonds. The van der Waals surface area contributed by atoms with Gasteiger partial charge in [0.15, 0.2) is 29.4 Å². The summed E-state index contributed by atoms with van der Waals surface area (Å²) in [6, 6.07) is 105. The molecule has 4 aliphatic carbocycles. The zero-order chi connectivity index (χ0) is 60.1. The Balaban J connectivity index is 0.000000148. The Labute approximate surface area is 535 Å². The molecule has 0 saturated carbocycles. The Morgan fingerprint density at radius 3 is 0.739 bits per heavy atom. The standard InChI is InChI=1S/2C42H35S2/c2*1-41(2)37-16-10-8-14-33(37)35-24-20-29(26-39(35)41)43-28-18-21-31(22-19-28)44(30-12-6-5-7-13-30)32-23-25-36-34-15-9-11-17-38(34)42(3,4)40(36)27-32/h2*5-27H,1-4H3/q2*+1. The average molecular weight is 1210 g/mol. The van der Waals surface area contributed by atoms with Gasteiger partial charge in [-0.15, -0.1) is 0 Å². The molecule has 2 unspecified atom stereocenters. The molecular formula is C84H70S4+2. The molecule has 4 aliphatic rings. The van der Waals surface area contributed by atoms with Crippen LogP contribution in [-0.4, -0.2) is 0 Å². The maximum Gasteiger partial charge on any atom is 0.166 e. The first-order valence-corrected chi connectivity index (χ1v) is 34.8. The number of rotatable bonds is 10. The minimum absolute atomic E-state index is 0.0139. The minimum atomic E-state index is -0.203. The highest BCUT2D eigenvalue weighted by atomic mass is 32.2. The second kappa shape index (κ2) is 22.0. The fraction of sp³-hybridized carbons (Fsp3) is 0.143. The molecule has 12 aromatic rings. The molecule has 0 aliphatic heterocycles. The summed E-state index contributed by atoms with van der Waals surface area (Å²) in [6.07, 6.45) is 0. The Hall–Kier alpha value is -7.96. The van der Waals surface area contributed by atoms with E-state index in [0.29, 0.717) is 0 Å². The summed E-state index contributed by atoms with van der Waals surface area (Å²) in [6.45, 7) is 18.9. The third kappa shape index (κ3) is 9.57. The van der Waals surface area contributed by atoms with E-state index in [-0.39, 0.29) is 43.4 Å². The van der Waals surface area contributed by atoms with Crippen molar-refractivity contribution in [1.29, 1.82) is 0 Å². The van der Waals surface area contributed by atoms with Crippen LogP contribution in [0, 0.1) is 0 Å². The van der Waals surface area contributed by atoms with Gasteiger partial charge in [0.25, 0.3) is 0 Å². The Morgan fingerprint density at radius 1 is 0.193 bits per heavy atom. The summed E-state index contributed by atoms with van der Waals surface area (Å²) in [5.74, 6) is 0. The van der Waals surface area contributed by atoms with Gasteiger partial charge in [-0.3, -0.25) is 0 Å². The third-order valence-electron chi connectivity index (χ3n) is 19.2. The smallest absolute Gasteiger partial charge is 0.0901 e. The molecule has 4 heteroatoms. The van der Waals surface area contributed by atoms with Crippen LogP contribution in [0.5, 0.6) is 0 Å². The topological polar surface area (TPSA) is 0 Å². The molecule has 0 bridgehead atoms. The van der Waals surface area contributed by atoms with Gasteiger partial charge in [0.05, 0.1) is 21.8 Å². The normalized spacial score (nSPS) is 15.6. The van der Waals surface area contributed by atoms with Gasteiger partial charge in [0, 0.05) is 41.2 Å². The van der Waals surface area contributed by atoms with Gasteiger partial charge >= 0.3 is 0 Å². The van der Waals surface area contributed by atoms with Crippen molar-refractivity contribution in [2.45, 2.75) is 126 Å². The van der Waals surface area contributed by atoms with Crippen LogP contribution in [0.2, 0.25) is 0 Å². The van der Waals surface area contributed by atoms with E-state index in [9.17, 15) is 0 Å². The first-order valence-electron chi connectivity index (χ1n) is 30.8. The third-order valence-corrected chi connectivity index (χ3v) is 25.7. The van der Waals surface area contributed by atoms with Crippen LogP contribution in [0.3, 0.4) is 0 Å². The first-order chi connectivity index (χ1) is 42.6. The van der Waals surface area contributed by atoms with Crippen LogP contribution in [0.1, 0.15) is 99.9 Å². The Bertz CT molecular complexity index is 4370. The van der Waals surface area contributed by atoms with Crippen molar-refractivity contribution in [3.8, 4) is 44.5 Å². The van der Waals surface area contributed by atoms with Crippen LogP contribution >= 0.6 is 23.5 Å². The predicted octanol–water partition coefficient (Wildman–Crippen LogP) is 23.1. The second-order valence-corrected chi connectivity index (χ2v) is 32.2. The van der Waals surface area contributed by atoms with Crippen molar-refractivity contribution < 1.29 is 0 Å². The molecule has 16 rings (SSSR count). The molecule has 0 aromatic heterocycles. The lowest BCUT2D eigenvalue weighted by atomic mass is 9.82. The van der Waals surface area contributed by atoms with Crippen molar-refractivity contribution in [2.24, 2.45) is 0 Å². The van der Waals surface area contributed by atoms with Crippen molar-refractivity contribution in [3.05, 3.63) is 324 Å². The highest BCUT2D eigenvalue weighted by Crippen LogP contribution is 2.54. The van der Waals surface area contributed by atoms with Gasteiger partial charge in [-0.1, -0.05) is 225 Å². The van der Waals surface area contributed by atoms with E-state index < -0.39 is 0 Å². The maximum atomic E-state index is 2.48. The fourth-order valence-corrected chi connectivity index (χ4v) is 20.5. The highest BCUT2D eigenvalue weighted by Gasteiger charge is 2.41. The zero-order valence-corrected chi connectivity index (χ0v) is 54.5. The van der Waals surface area contributed by atoms with Gasteiger partial charge < -0.3 is 0 Å². The molecule has 0 radical (unpaired) electrons. The lowest BCUT2D eigenvalue weighted by molar-refractivity contribution is 0.658. The fourth-order valence-electron chi connectivity index (χ4n) is 14.6. The van der Waals surface area contributed by atoms with Crippen LogP contribution < -0.4 is 0 Å². The maximum absolute atomic E-state index is 2.48. The summed E-state index contributed by atoms with van der Waals surface area (Å²) in [7, 11) is -0.405. The average Bonchev–Trinajstić information content (AvgIpc) is 1.65. The lowest BCUT2D eigenvalue weighted by Crippen LogP contribution is -2.16. The van der Waals surface area contributed by atoms with E-state index >= 15 is 0 Å².